The minimum Gasteiger partial charge on any atom is -0.394 e. The Hall–Kier alpha value is -2.10. The summed E-state index contributed by atoms with van der Waals surface area (Å²) in [6, 6.07) is 9.92. The summed E-state index contributed by atoms with van der Waals surface area (Å²) < 4.78 is 1.82. The monoisotopic (exact) mass is 198 g/mol. The maximum atomic E-state index is 5.99. The predicted molar refractivity (Wildman–Crippen MR) is 60.2 cm³/mol. The highest BCUT2D eigenvalue weighted by atomic mass is 15.4. The standard InChI is InChI=1S/C11H10N4/c12-9-10(8-4-2-1-3-5-8)14-15-7-6-13-11(9)15/h1-6H,7,12H2. The Morgan fingerprint density at radius 2 is 2.00 bits per heavy atom. The van der Waals surface area contributed by atoms with Gasteiger partial charge in [-0.05, 0) is 0 Å². The van der Waals surface area contributed by atoms with Crippen LogP contribution in [0.5, 0.6) is 0 Å². The van der Waals surface area contributed by atoms with Crippen LogP contribution in [0.3, 0.4) is 0 Å². The van der Waals surface area contributed by atoms with E-state index in [9.17, 15) is 0 Å². The van der Waals surface area contributed by atoms with Crippen LogP contribution in [0.1, 0.15) is 0 Å². The quantitative estimate of drug-likeness (QED) is 0.760. The molecule has 0 atom stereocenters. The molecule has 4 nitrogen and oxygen atoms in total. The van der Waals surface area contributed by atoms with Crippen LogP contribution in [-0.4, -0.2) is 16.0 Å². The average molecular weight is 198 g/mol. The second-order valence-electron chi connectivity index (χ2n) is 3.45. The topological polar surface area (TPSA) is 56.2 Å². The molecular weight excluding hydrogens is 188 g/mol. The molecular formula is C11H10N4. The Bertz CT molecular complexity index is 525. The highest BCUT2D eigenvalue weighted by molar-refractivity contribution is 5.84. The van der Waals surface area contributed by atoms with E-state index >= 15 is 0 Å². The smallest absolute Gasteiger partial charge is 0.174 e. The molecule has 1 aliphatic rings. The zero-order valence-electron chi connectivity index (χ0n) is 8.09. The summed E-state index contributed by atoms with van der Waals surface area (Å²) >= 11 is 0. The van der Waals surface area contributed by atoms with E-state index in [1.165, 1.54) is 0 Å². The van der Waals surface area contributed by atoms with Gasteiger partial charge in [0.2, 0.25) is 0 Å². The maximum absolute atomic E-state index is 5.99. The van der Waals surface area contributed by atoms with Crippen molar-refractivity contribution in [3.05, 3.63) is 30.3 Å². The van der Waals surface area contributed by atoms with Gasteiger partial charge < -0.3 is 5.73 Å². The Balaban J connectivity index is 2.18. The van der Waals surface area contributed by atoms with Gasteiger partial charge in [0.25, 0.3) is 0 Å². The van der Waals surface area contributed by atoms with Gasteiger partial charge in [0.15, 0.2) is 5.82 Å². The zero-order valence-corrected chi connectivity index (χ0v) is 8.09. The largest absolute Gasteiger partial charge is 0.394 e. The van der Waals surface area contributed by atoms with E-state index in [0.29, 0.717) is 12.2 Å². The van der Waals surface area contributed by atoms with Crippen molar-refractivity contribution in [3.8, 4) is 11.3 Å². The summed E-state index contributed by atoms with van der Waals surface area (Å²) in [6.07, 6.45) is 1.81. The predicted octanol–water partition coefficient (Wildman–Crippen LogP) is 1.85. The van der Waals surface area contributed by atoms with Crippen molar-refractivity contribution in [2.75, 3.05) is 5.73 Å². The molecule has 0 saturated carbocycles. The molecule has 2 N–H and O–H groups in total. The number of nitrogens with zero attached hydrogens (tertiary/aromatic N) is 3. The molecule has 0 spiro atoms. The summed E-state index contributed by atoms with van der Waals surface area (Å²) in [5.41, 5.74) is 8.51. The summed E-state index contributed by atoms with van der Waals surface area (Å²) in [5, 5.41) is 4.43. The lowest BCUT2D eigenvalue weighted by molar-refractivity contribution is 0.760. The van der Waals surface area contributed by atoms with Crippen LogP contribution < -0.4 is 5.73 Å². The highest BCUT2D eigenvalue weighted by Crippen LogP contribution is 2.34. The molecule has 1 aliphatic heterocycles. The lowest BCUT2D eigenvalue weighted by atomic mass is 10.1. The third-order valence-corrected chi connectivity index (χ3v) is 2.48. The van der Waals surface area contributed by atoms with Crippen LogP contribution in [0.25, 0.3) is 11.3 Å². The molecule has 15 heavy (non-hydrogen) atoms. The van der Waals surface area contributed by atoms with E-state index < -0.39 is 0 Å². The van der Waals surface area contributed by atoms with Gasteiger partial charge in [-0.1, -0.05) is 30.3 Å². The molecule has 2 aromatic rings. The molecule has 3 rings (SSSR count). The van der Waals surface area contributed by atoms with Crippen LogP contribution in [0.2, 0.25) is 0 Å². The van der Waals surface area contributed by atoms with Crippen LogP contribution in [-0.2, 0) is 6.54 Å². The van der Waals surface area contributed by atoms with Crippen molar-refractivity contribution in [1.82, 2.24) is 9.78 Å². The van der Waals surface area contributed by atoms with E-state index in [4.69, 9.17) is 5.73 Å². The number of nitrogen functional groups attached to an aromatic ring is 1. The maximum Gasteiger partial charge on any atom is 0.174 e. The molecule has 2 heterocycles. The molecule has 0 bridgehead atoms. The van der Waals surface area contributed by atoms with Crippen molar-refractivity contribution in [1.29, 1.82) is 0 Å². The van der Waals surface area contributed by atoms with Gasteiger partial charge in [-0.3, -0.25) is 0 Å². The summed E-state index contributed by atoms with van der Waals surface area (Å²) in [6.45, 7) is 0.715. The fourth-order valence-corrected chi connectivity index (χ4v) is 1.74. The molecule has 1 aromatic heterocycles. The highest BCUT2D eigenvalue weighted by Gasteiger charge is 2.17. The molecule has 0 fully saturated rings. The Labute approximate surface area is 87.1 Å². The van der Waals surface area contributed by atoms with Crippen molar-refractivity contribution in [2.45, 2.75) is 6.54 Å². The summed E-state index contributed by atoms with van der Waals surface area (Å²) in [4.78, 5) is 4.20. The molecule has 4 heteroatoms. The van der Waals surface area contributed by atoms with Crippen molar-refractivity contribution >= 4 is 17.7 Å². The number of aliphatic imine (C=N–C) groups is 1. The Morgan fingerprint density at radius 1 is 1.20 bits per heavy atom. The number of aromatic nitrogens is 2. The first-order chi connectivity index (χ1) is 7.36. The van der Waals surface area contributed by atoms with E-state index in [1.807, 2.05) is 41.2 Å². The Kier molecular flexibility index (Phi) is 1.62. The molecule has 0 radical (unpaired) electrons. The molecule has 0 unspecified atom stereocenters. The molecule has 0 aliphatic carbocycles. The van der Waals surface area contributed by atoms with Crippen LogP contribution in [0, 0.1) is 0 Å². The van der Waals surface area contributed by atoms with Gasteiger partial charge in [0.05, 0.1) is 6.54 Å². The third kappa shape index (κ3) is 1.15. The SMILES string of the molecule is Nc1c(-c2ccccc2)nn2c1N=CC2. The number of nitrogens with two attached hydrogens (primary N) is 1. The van der Waals surface area contributed by atoms with Gasteiger partial charge >= 0.3 is 0 Å². The lowest BCUT2D eigenvalue weighted by Crippen LogP contribution is -1.94. The first kappa shape index (κ1) is 8.23. The first-order valence-electron chi connectivity index (χ1n) is 4.80. The first-order valence-corrected chi connectivity index (χ1v) is 4.80. The van der Waals surface area contributed by atoms with E-state index in [1.54, 1.807) is 0 Å². The van der Waals surface area contributed by atoms with Gasteiger partial charge in [-0.25, -0.2) is 9.67 Å². The second-order valence-corrected chi connectivity index (χ2v) is 3.45. The lowest BCUT2D eigenvalue weighted by Gasteiger charge is -1.96. The van der Waals surface area contributed by atoms with E-state index in [0.717, 1.165) is 17.1 Å². The van der Waals surface area contributed by atoms with E-state index in [-0.39, 0.29) is 0 Å². The number of hydrogen-bond donors (Lipinski definition) is 1. The molecule has 74 valence electrons. The van der Waals surface area contributed by atoms with Crippen LogP contribution in [0.15, 0.2) is 35.3 Å². The minimum absolute atomic E-state index is 0.662. The summed E-state index contributed by atoms with van der Waals surface area (Å²) in [5.74, 6) is 0.772. The van der Waals surface area contributed by atoms with Crippen molar-refractivity contribution < 1.29 is 0 Å². The fraction of sp³-hybridized carbons (Fsp3) is 0.0909. The van der Waals surface area contributed by atoms with Gasteiger partial charge in [0, 0.05) is 11.8 Å². The van der Waals surface area contributed by atoms with Crippen LogP contribution in [0.4, 0.5) is 11.5 Å². The average Bonchev–Trinajstić information content (AvgIpc) is 2.83. The van der Waals surface area contributed by atoms with Gasteiger partial charge in [-0.15, -0.1) is 0 Å². The van der Waals surface area contributed by atoms with Crippen LogP contribution >= 0.6 is 0 Å². The Morgan fingerprint density at radius 3 is 2.73 bits per heavy atom. The van der Waals surface area contributed by atoms with Crippen molar-refractivity contribution in [3.63, 3.8) is 0 Å². The number of fused-ring (bicyclic) bond motifs is 1. The molecule has 0 saturated heterocycles. The van der Waals surface area contributed by atoms with E-state index in [2.05, 4.69) is 10.1 Å². The second kappa shape index (κ2) is 2.95. The van der Waals surface area contributed by atoms with Crippen molar-refractivity contribution in [2.24, 2.45) is 4.99 Å². The summed E-state index contributed by atoms with van der Waals surface area (Å²) in [7, 11) is 0. The fourth-order valence-electron chi connectivity index (χ4n) is 1.74. The number of rotatable bonds is 1. The minimum atomic E-state index is 0.662. The molecule has 1 aromatic carbocycles. The number of anilines is 1. The number of benzene rings is 1. The zero-order chi connectivity index (χ0) is 10.3. The van der Waals surface area contributed by atoms with Gasteiger partial charge in [-0.2, -0.15) is 5.10 Å². The number of hydrogen-bond acceptors (Lipinski definition) is 3. The van der Waals surface area contributed by atoms with Gasteiger partial charge in [0.1, 0.15) is 11.4 Å². The molecule has 0 amide bonds. The normalized spacial score (nSPS) is 13.1. The third-order valence-electron chi connectivity index (χ3n) is 2.48.